The summed E-state index contributed by atoms with van der Waals surface area (Å²) in [5.74, 6) is 0.325. The van der Waals surface area contributed by atoms with Crippen LogP contribution in [0.4, 0.5) is 0 Å². The molecule has 0 spiro atoms. The molecule has 0 saturated carbocycles. The predicted octanol–water partition coefficient (Wildman–Crippen LogP) is 3.92. The molecule has 0 saturated heterocycles. The highest BCUT2D eigenvalue weighted by atomic mass is 16.5. The van der Waals surface area contributed by atoms with Crippen LogP contribution in [0.2, 0.25) is 0 Å². The van der Waals surface area contributed by atoms with Crippen molar-refractivity contribution in [2.45, 2.75) is 77.1 Å². The van der Waals surface area contributed by atoms with Gasteiger partial charge in [-0.25, -0.2) is 0 Å². The second kappa shape index (κ2) is 7.78. The molecule has 0 bridgehead atoms. The van der Waals surface area contributed by atoms with E-state index in [-0.39, 0.29) is 6.10 Å². The molecule has 2 aliphatic rings. The predicted molar refractivity (Wildman–Crippen MR) is 94.2 cm³/mol. The highest BCUT2D eigenvalue weighted by Gasteiger charge is 2.31. The second-order valence-corrected chi connectivity index (χ2v) is 7.70. The molecular formula is C20H32O3. The van der Waals surface area contributed by atoms with Crippen LogP contribution in [0.3, 0.4) is 0 Å². The van der Waals surface area contributed by atoms with Gasteiger partial charge in [-0.15, -0.1) is 0 Å². The average molecular weight is 320 g/mol. The molecule has 130 valence electrons. The Kier molecular flexibility index (Phi) is 6.24. The highest BCUT2D eigenvalue weighted by Crippen LogP contribution is 2.33. The molecule has 3 nitrogen and oxygen atoms in total. The van der Waals surface area contributed by atoms with E-state index in [1.165, 1.54) is 11.1 Å². The van der Waals surface area contributed by atoms with Gasteiger partial charge >= 0.3 is 0 Å². The van der Waals surface area contributed by atoms with Gasteiger partial charge in [0.15, 0.2) is 0 Å². The van der Waals surface area contributed by atoms with Gasteiger partial charge in [-0.3, -0.25) is 0 Å². The van der Waals surface area contributed by atoms with Gasteiger partial charge in [-0.2, -0.15) is 0 Å². The highest BCUT2D eigenvalue weighted by molar-refractivity contribution is 5.16. The molecule has 2 rings (SSSR count). The lowest BCUT2D eigenvalue weighted by atomic mass is 9.82. The van der Waals surface area contributed by atoms with E-state index < -0.39 is 11.7 Å². The van der Waals surface area contributed by atoms with Crippen LogP contribution < -0.4 is 0 Å². The molecule has 0 amide bonds. The first-order valence-corrected chi connectivity index (χ1v) is 8.81. The molecule has 23 heavy (non-hydrogen) atoms. The zero-order valence-corrected chi connectivity index (χ0v) is 14.8. The maximum atomic E-state index is 10.4. The van der Waals surface area contributed by atoms with Crippen molar-refractivity contribution in [3.63, 3.8) is 0 Å². The minimum Gasteiger partial charge on any atom is -0.389 e. The molecule has 0 unspecified atom stereocenters. The summed E-state index contributed by atoms with van der Waals surface area (Å²) in [5.41, 5.74) is 2.81. The van der Waals surface area contributed by atoms with Crippen LogP contribution in [0, 0.1) is 5.92 Å². The van der Waals surface area contributed by atoms with E-state index in [1.807, 2.05) is 0 Å². The fourth-order valence-electron chi connectivity index (χ4n) is 3.42. The molecule has 0 radical (unpaired) electrons. The smallest absolute Gasteiger partial charge is 0.0895 e. The lowest BCUT2D eigenvalue weighted by molar-refractivity contribution is -0.0868. The lowest BCUT2D eigenvalue weighted by Gasteiger charge is -2.34. The summed E-state index contributed by atoms with van der Waals surface area (Å²) < 4.78 is 5.89. The van der Waals surface area contributed by atoms with Gasteiger partial charge in [0.2, 0.25) is 0 Å². The molecule has 0 aromatic rings. The first kappa shape index (κ1) is 18.4. The van der Waals surface area contributed by atoms with Crippen molar-refractivity contribution in [1.82, 2.24) is 0 Å². The van der Waals surface area contributed by atoms with E-state index in [2.05, 4.69) is 25.7 Å². The monoisotopic (exact) mass is 320 g/mol. The first-order valence-electron chi connectivity index (χ1n) is 8.81. The van der Waals surface area contributed by atoms with Gasteiger partial charge in [-0.1, -0.05) is 24.3 Å². The van der Waals surface area contributed by atoms with Gasteiger partial charge in [0, 0.05) is 0 Å². The standard InChI is InChI=1S/C20H32O3/c1-14-6-5-7-15(2)18(21)12-16(9-8-14)17-10-11-19(23-13-17)20(3,4)22/h6,10,16,18-19,21-22H,2,5,7-9,11-13H2,1,3-4H3/t16-,18+,19+/m0/s1. The summed E-state index contributed by atoms with van der Waals surface area (Å²) >= 11 is 0. The third-order valence-electron chi connectivity index (χ3n) is 5.18. The summed E-state index contributed by atoms with van der Waals surface area (Å²) in [7, 11) is 0. The number of hydrogen-bond donors (Lipinski definition) is 2. The van der Waals surface area contributed by atoms with Gasteiger partial charge in [0.05, 0.1) is 24.4 Å². The summed E-state index contributed by atoms with van der Waals surface area (Å²) in [4.78, 5) is 0. The van der Waals surface area contributed by atoms with Gasteiger partial charge < -0.3 is 14.9 Å². The number of ether oxygens (including phenoxy) is 1. The van der Waals surface area contributed by atoms with Crippen LogP contribution in [0.15, 0.2) is 35.5 Å². The molecule has 1 heterocycles. The van der Waals surface area contributed by atoms with Crippen molar-refractivity contribution in [2.24, 2.45) is 5.92 Å². The van der Waals surface area contributed by atoms with E-state index in [1.54, 1.807) is 13.8 Å². The Morgan fingerprint density at radius 3 is 2.61 bits per heavy atom. The van der Waals surface area contributed by atoms with Crippen molar-refractivity contribution in [3.05, 3.63) is 35.5 Å². The Bertz CT molecular complexity index is 482. The van der Waals surface area contributed by atoms with Crippen molar-refractivity contribution in [2.75, 3.05) is 6.61 Å². The van der Waals surface area contributed by atoms with E-state index in [0.29, 0.717) is 12.5 Å². The number of aliphatic hydroxyl groups excluding tert-OH is 1. The van der Waals surface area contributed by atoms with Crippen LogP contribution in [-0.4, -0.2) is 34.6 Å². The molecule has 1 aliphatic heterocycles. The Balaban J connectivity index is 2.09. The van der Waals surface area contributed by atoms with Crippen molar-refractivity contribution in [3.8, 4) is 0 Å². The van der Waals surface area contributed by atoms with Crippen LogP contribution in [-0.2, 0) is 4.74 Å². The Morgan fingerprint density at radius 2 is 2.00 bits per heavy atom. The zero-order chi connectivity index (χ0) is 17.0. The van der Waals surface area contributed by atoms with Crippen LogP contribution >= 0.6 is 0 Å². The molecule has 2 N–H and O–H groups in total. The zero-order valence-electron chi connectivity index (χ0n) is 14.8. The molecule has 0 aromatic heterocycles. The van der Waals surface area contributed by atoms with E-state index in [4.69, 9.17) is 4.74 Å². The second-order valence-electron chi connectivity index (χ2n) is 7.70. The van der Waals surface area contributed by atoms with Crippen molar-refractivity contribution >= 4 is 0 Å². The molecule has 3 atom stereocenters. The Hall–Kier alpha value is -0.900. The van der Waals surface area contributed by atoms with E-state index >= 15 is 0 Å². The lowest BCUT2D eigenvalue weighted by Crippen LogP contribution is -2.40. The normalized spacial score (nSPS) is 31.3. The minimum atomic E-state index is -0.814. The number of allylic oxidation sites excluding steroid dienone is 2. The fourth-order valence-corrected chi connectivity index (χ4v) is 3.42. The fraction of sp³-hybridized carbons (Fsp3) is 0.700. The van der Waals surface area contributed by atoms with E-state index in [9.17, 15) is 10.2 Å². The maximum absolute atomic E-state index is 10.4. The topological polar surface area (TPSA) is 49.7 Å². The largest absolute Gasteiger partial charge is 0.389 e. The Morgan fingerprint density at radius 1 is 1.26 bits per heavy atom. The third-order valence-corrected chi connectivity index (χ3v) is 5.18. The Labute approximate surface area is 140 Å². The molecule has 0 fully saturated rings. The molecule has 0 aromatic carbocycles. The number of aliphatic hydroxyl groups is 2. The van der Waals surface area contributed by atoms with Gasteiger partial charge in [0.1, 0.15) is 0 Å². The summed E-state index contributed by atoms with van der Waals surface area (Å²) in [6.07, 6.45) is 9.33. The van der Waals surface area contributed by atoms with Crippen LogP contribution in [0.25, 0.3) is 0 Å². The SMILES string of the molecule is C=C1CCC=C(C)CC[C@H](C2=CC[C@H](C(C)(C)O)OC2)C[C@H]1O. The summed E-state index contributed by atoms with van der Waals surface area (Å²) in [6, 6.07) is 0. The quantitative estimate of drug-likeness (QED) is 0.758. The molecule has 1 aliphatic carbocycles. The van der Waals surface area contributed by atoms with Crippen molar-refractivity contribution in [1.29, 1.82) is 0 Å². The molecular weight excluding hydrogens is 288 g/mol. The number of hydrogen-bond acceptors (Lipinski definition) is 3. The molecule has 3 heteroatoms. The summed E-state index contributed by atoms with van der Waals surface area (Å²) in [5, 5.41) is 20.5. The minimum absolute atomic E-state index is 0.146. The van der Waals surface area contributed by atoms with Gasteiger partial charge in [-0.05, 0) is 76.4 Å². The third kappa shape index (κ3) is 5.30. The van der Waals surface area contributed by atoms with Crippen molar-refractivity contribution < 1.29 is 14.9 Å². The number of rotatable bonds is 2. The van der Waals surface area contributed by atoms with Crippen LogP contribution in [0.5, 0.6) is 0 Å². The van der Waals surface area contributed by atoms with Crippen LogP contribution in [0.1, 0.15) is 59.3 Å². The average Bonchev–Trinajstić information content (AvgIpc) is 2.49. The van der Waals surface area contributed by atoms with Gasteiger partial charge in [0.25, 0.3) is 0 Å². The summed E-state index contributed by atoms with van der Waals surface area (Å²) in [6.45, 7) is 10.4. The maximum Gasteiger partial charge on any atom is 0.0895 e. The van der Waals surface area contributed by atoms with E-state index in [0.717, 1.165) is 44.1 Å². The first-order chi connectivity index (χ1) is 10.8.